The van der Waals surface area contributed by atoms with Gasteiger partial charge in [0.05, 0.1) is 10.6 Å². The van der Waals surface area contributed by atoms with Gasteiger partial charge >= 0.3 is 5.97 Å². The molecule has 8 nitrogen and oxygen atoms in total. The molecule has 9 heteroatoms. The van der Waals surface area contributed by atoms with Gasteiger partial charge in [-0.2, -0.15) is 4.68 Å². The standard InChI is InChI=1S/C10H12N4O4S/c1-17-10(18-2)7-5(3-4-19-7)14-8(11)6(9(15)16)12-13-14/h3-4,10H,11H2,1-2H3,(H,15,16). The lowest BCUT2D eigenvalue weighted by molar-refractivity contribution is -0.103. The van der Waals surface area contributed by atoms with Crippen LogP contribution in [-0.2, 0) is 9.47 Å². The van der Waals surface area contributed by atoms with Gasteiger partial charge in [0.15, 0.2) is 12.1 Å². The summed E-state index contributed by atoms with van der Waals surface area (Å²) in [6.07, 6.45) is -0.577. The van der Waals surface area contributed by atoms with Crippen molar-refractivity contribution in [2.24, 2.45) is 0 Å². The quantitative estimate of drug-likeness (QED) is 0.784. The fourth-order valence-corrected chi connectivity index (χ4v) is 2.52. The number of hydrogen-bond acceptors (Lipinski definition) is 7. The van der Waals surface area contributed by atoms with Gasteiger partial charge in [-0.1, -0.05) is 5.21 Å². The molecule has 102 valence electrons. The molecule has 2 aromatic heterocycles. The van der Waals surface area contributed by atoms with Crippen molar-refractivity contribution in [2.45, 2.75) is 6.29 Å². The molecular weight excluding hydrogens is 272 g/mol. The molecule has 2 rings (SSSR count). The highest BCUT2D eigenvalue weighted by Crippen LogP contribution is 2.31. The molecule has 2 heterocycles. The molecule has 0 spiro atoms. The largest absolute Gasteiger partial charge is 0.476 e. The number of thiophene rings is 1. The first-order chi connectivity index (χ1) is 9.10. The summed E-state index contributed by atoms with van der Waals surface area (Å²) < 4.78 is 11.6. The predicted molar refractivity (Wildman–Crippen MR) is 67.4 cm³/mol. The third kappa shape index (κ3) is 2.30. The van der Waals surface area contributed by atoms with Gasteiger partial charge in [0.1, 0.15) is 0 Å². The number of carboxylic acids is 1. The van der Waals surface area contributed by atoms with Gasteiger partial charge in [-0.15, -0.1) is 16.4 Å². The monoisotopic (exact) mass is 284 g/mol. The fourth-order valence-electron chi connectivity index (χ4n) is 1.60. The van der Waals surface area contributed by atoms with Gasteiger partial charge in [-0.05, 0) is 11.4 Å². The van der Waals surface area contributed by atoms with E-state index in [1.165, 1.54) is 30.2 Å². The molecular formula is C10H12N4O4S. The minimum absolute atomic E-state index is 0.0434. The van der Waals surface area contributed by atoms with Crippen LogP contribution in [0.4, 0.5) is 5.82 Å². The van der Waals surface area contributed by atoms with Crippen LogP contribution in [0.2, 0.25) is 0 Å². The molecule has 0 bridgehead atoms. The van der Waals surface area contributed by atoms with Crippen LogP contribution in [0.15, 0.2) is 11.4 Å². The molecule has 0 unspecified atom stereocenters. The van der Waals surface area contributed by atoms with E-state index in [2.05, 4.69) is 10.3 Å². The van der Waals surface area contributed by atoms with Crippen molar-refractivity contribution >= 4 is 23.1 Å². The Kier molecular flexibility index (Phi) is 3.79. The fraction of sp³-hybridized carbons (Fsp3) is 0.300. The molecule has 0 fully saturated rings. The maximum Gasteiger partial charge on any atom is 0.360 e. The lowest BCUT2D eigenvalue weighted by Gasteiger charge is -2.13. The van der Waals surface area contributed by atoms with E-state index in [1.807, 2.05) is 0 Å². The molecule has 0 radical (unpaired) electrons. The van der Waals surface area contributed by atoms with Crippen molar-refractivity contribution < 1.29 is 19.4 Å². The summed E-state index contributed by atoms with van der Waals surface area (Å²) in [5.74, 6) is -1.27. The number of hydrogen-bond donors (Lipinski definition) is 2. The zero-order valence-corrected chi connectivity index (χ0v) is 11.0. The zero-order valence-electron chi connectivity index (χ0n) is 10.2. The Bertz CT molecular complexity index is 590. The molecule has 0 amide bonds. The smallest absolute Gasteiger partial charge is 0.360 e. The SMILES string of the molecule is COC(OC)c1sccc1-n1nnc(C(=O)O)c1N. The number of rotatable bonds is 5. The summed E-state index contributed by atoms with van der Waals surface area (Å²) in [7, 11) is 3.01. The molecule has 0 aliphatic heterocycles. The molecule has 0 aliphatic rings. The van der Waals surface area contributed by atoms with Gasteiger partial charge in [-0.25, -0.2) is 4.79 Å². The second-order valence-corrected chi connectivity index (χ2v) is 4.46. The molecule has 19 heavy (non-hydrogen) atoms. The summed E-state index contributed by atoms with van der Waals surface area (Å²) in [4.78, 5) is 11.6. The van der Waals surface area contributed by atoms with Crippen LogP contribution in [0.3, 0.4) is 0 Å². The molecule has 0 atom stereocenters. The van der Waals surface area contributed by atoms with Crippen LogP contribution in [0.1, 0.15) is 21.7 Å². The Morgan fingerprint density at radius 2 is 2.21 bits per heavy atom. The summed E-state index contributed by atoms with van der Waals surface area (Å²) in [6, 6.07) is 1.74. The lowest BCUT2D eigenvalue weighted by atomic mass is 10.3. The number of carbonyl (C=O) groups is 1. The average molecular weight is 284 g/mol. The topological polar surface area (TPSA) is 112 Å². The Balaban J connectivity index is 2.49. The average Bonchev–Trinajstić information content (AvgIpc) is 2.97. The number of anilines is 1. The van der Waals surface area contributed by atoms with Crippen molar-refractivity contribution in [3.8, 4) is 5.69 Å². The Hall–Kier alpha value is -1.97. The normalized spacial score (nSPS) is 11.1. The maximum absolute atomic E-state index is 10.9. The van der Waals surface area contributed by atoms with E-state index in [-0.39, 0.29) is 11.5 Å². The van der Waals surface area contributed by atoms with Gasteiger partial charge in [0.2, 0.25) is 5.69 Å². The number of aromatic carboxylic acids is 1. The van der Waals surface area contributed by atoms with Crippen molar-refractivity contribution in [2.75, 3.05) is 20.0 Å². The van der Waals surface area contributed by atoms with E-state index in [9.17, 15) is 4.79 Å². The second-order valence-electron chi connectivity index (χ2n) is 3.51. The van der Waals surface area contributed by atoms with Crippen molar-refractivity contribution in [1.82, 2.24) is 15.0 Å². The first-order valence-corrected chi connectivity index (χ1v) is 6.06. The summed E-state index contributed by atoms with van der Waals surface area (Å²) in [5.41, 5.74) is 6.02. The van der Waals surface area contributed by atoms with Crippen LogP contribution in [0, 0.1) is 0 Å². The minimum Gasteiger partial charge on any atom is -0.476 e. The highest BCUT2D eigenvalue weighted by molar-refractivity contribution is 7.10. The first-order valence-electron chi connectivity index (χ1n) is 5.18. The lowest BCUT2D eigenvalue weighted by Crippen LogP contribution is -2.09. The van der Waals surface area contributed by atoms with Gasteiger partial charge in [0.25, 0.3) is 0 Å². The third-order valence-corrected chi connectivity index (χ3v) is 3.38. The third-order valence-electron chi connectivity index (χ3n) is 2.45. The summed E-state index contributed by atoms with van der Waals surface area (Å²) in [6.45, 7) is 0. The second kappa shape index (κ2) is 5.34. The molecule has 3 N–H and O–H groups in total. The molecule has 0 saturated carbocycles. The van der Waals surface area contributed by atoms with Crippen molar-refractivity contribution in [1.29, 1.82) is 0 Å². The van der Waals surface area contributed by atoms with E-state index < -0.39 is 12.3 Å². The number of nitrogens with two attached hydrogens (primary N) is 1. The summed E-state index contributed by atoms with van der Waals surface area (Å²) >= 11 is 1.39. The molecule has 0 saturated heterocycles. The number of ether oxygens (including phenoxy) is 2. The highest BCUT2D eigenvalue weighted by Gasteiger charge is 2.22. The van der Waals surface area contributed by atoms with E-state index in [4.69, 9.17) is 20.3 Å². The Morgan fingerprint density at radius 1 is 1.53 bits per heavy atom. The summed E-state index contributed by atoms with van der Waals surface area (Å²) in [5, 5.41) is 18.0. The van der Waals surface area contributed by atoms with Crippen LogP contribution in [0.5, 0.6) is 0 Å². The van der Waals surface area contributed by atoms with Crippen LogP contribution >= 0.6 is 11.3 Å². The number of carboxylic acid groups (broad SMARTS) is 1. The van der Waals surface area contributed by atoms with E-state index in [1.54, 1.807) is 11.4 Å². The van der Waals surface area contributed by atoms with Crippen LogP contribution in [0.25, 0.3) is 5.69 Å². The maximum atomic E-state index is 10.9. The van der Waals surface area contributed by atoms with Gasteiger partial charge in [-0.3, -0.25) is 0 Å². The van der Waals surface area contributed by atoms with E-state index >= 15 is 0 Å². The molecule has 0 aromatic carbocycles. The number of methoxy groups -OCH3 is 2. The Morgan fingerprint density at radius 3 is 2.74 bits per heavy atom. The van der Waals surface area contributed by atoms with Gasteiger partial charge < -0.3 is 20.3 Å². The van der Waals surface area contributed by atoms with Crippen molar-refractivity contribution in [3.05, 3.63) is 22.0 Å². The van der Waals surface area contributed by atoms with Crippen LogP contribution < -0.4 is 5.73 Å². The van der Waals surface area contributed by atoms with Gasteiger partial charge in [0, 0.05) is 14.2 Å². The number of nitrogens with zero attached hydrogens (tertiary/aromatic N) is 3. The molecule has 0 aliphatic carbocycles. The zero-order chi connectivity index (χ0) is 14.0. The Labute approximate surface area is 112 Å². The van der Waals surface area contributed by atoms with E-state index in [0.717, 1.165) is 4.88 Å². The van der Waals surface area contributed by atoms with E-state index in [0.29, 0.717) is 5.69 Å². The predicted octanol–water partition coefficient (Wildman–Crippen LogP) is 0.901. The van der Waals surface area contributed by atoms with Crippen molar-refractivity contribution in [3.63, 3.8) is 0 Å². The minimum atomic E-state index is -1.23. The highest BCUT2D eigenvalue weighted by atomic mass is 32.1. The molecule has 2 aromatic rings. The van der Waals surface area contributed by atoms with Crippen LogP contribution in [-0.4, -0.2) is 40.3 Å². The first kappa shape index (κ1) is 13.5. The number of nitrogen functional groups attached to an aromatic ring is 1. The number of aromatic nitrogens is 3.